The van der Waals surface area contributed by atoms with E-state index in [9.17, 15) is 4.79 Å². The predicted octanol–water partition coefficient (Wildman–Crippen LogP) is 4.73. The van der Waals surface area contributed by atoms with E-state index in [1.165, 1.54) is 25.1 Å². The van der Waals surface area contributed by atoms with Crippen LogP contribution in [-0.4, -0.2) is 47.2 Å². The summed E-state index contributed by atoms with van der Waals surface area (Å²) in [6.07, 6.45) is 4.00. The number of nitrogens with one attached hydrogen (secondary N) is 1. The molecule has 0 bridgehead atoms. The van der Waals surface area contributed by atoms with Crippen LogP contribution in [0.3, 0.4) is 0 Å². The van der Waals surface area contributed by atoms with E-state index in [0.717, 1.165) is 42.2 Å². The van der Waals surface area contributed by atoms with E-state index in [1.54, 1.807) is 6.07 Å². The zero-order valence-electron chi connectivity index (χ0n) is 17.7. The number of anilines is 1. The van der Waals surface area contributed by atoms with Gasteiger partial charge in [0.15, 0.2) is 0 Å². The van der Waals surface area contributed by atoms with Crippen LogP contribution >= 0.6 is 11.6 Å². The number of benzene rings is 1. The van der Waals surface area contributed by atoms with Gasteiger partial charge in [0.25, 0.3) is 5.91 Å². The molecule has 1 aliphatic rings. The first-order chi connectivity index (χ1) is 15.0. The third kappa shape index (κ3) is 5.06. The van der Waals surface area contributed by atoms with Gasteiger partial charge in [-0.05, 0) is 70.1 Å². The number of amides is 1. The molecule has 1 aliphatic heterocycles. The number of aromatic nitrogens is 2. The van der Waals surface area contributed by atoms with Gasteiger partial charge in [0.2, 0.25) is 0 Å². The molecule has 1 N–H and O–H groups in total. The first kappa shape index (κ1) is 21.3. The molecule has 7 nitrogen and oxygen atoms in total. The summed E-state index contributed by atoms with van der Waals surface area (Å²) in [4.78, 5) is 19.1. The number of halogens is 1. The number of rotatable bonds is 7. The molecule has 4 rings (SSSR count). The normalized spacial score (nSPS) is 14.0. The summed E-state index contributed by atoms with van der Waals surface area (Å²) in [5.74, 6) is 1.09. The van der Waals surface area contributed by atoms with Gasteiger partial charge >= 0.3 is 0 Å². The van der Waals surface area contributed by atoms with Crippen LogP contribution in [0, 0.1) is 13.8 Å². The Bertz CT molecular complexity index is 1060. The Hall–Kier alpha value is -2.90. The largest absolute Gasteiger partial charge is 0.492 e. The predicted molar refractivity (Wildman–Crippen MR) is 120 cm³/mol. The van der Waals surface area contributed by atoms with Crippen molar-refractivity contribution in [3.8, 4) is 16.9 Å². The minimum absolute atomic E-state index is 0.248. The molecule has 0 spiro atoms. The van der Waals surface area contributed by atoms with Gasteiger partial charge in [-0.2, -0.15) is 0 Å². The lowest BCUT2D eigenvalue weighted by molar-refractivity contribution is 0.102. The zero-order chi connectivity index (χ0) is 21.8. The minimum Gasteiger partial charge on any atom is -0.492 e. The van der Waals surface area contributed by atoms with Crippen LogP contribution in [0.15, 0.2) is 41.1 Å². The van der Waals surface area contributed by atoms with Gasteiger partial charge in [0.1, 0.15) is 23.8 Å². The third-order valence-corrected chi connectivity index (χ3v) is 5.59. The Morgan fingerprint density at radius 1 is 1.23 bits per heavy atom. The zero-order valence-corrected chi connectivity index (χ0v) is 18.4. The molecular weight excluding hydrogens is 416 g/mol. The molecule has 31 heavy (non-hydrogen) atoms. The van der Waals surface area contributed by atoms with Gasteiger partial charge in [-0.1, -0.05) is 16.8 Å². The number of carbonyl (C=O) groups is 1. The van der Waals surface area contributed by atoms with E-state index in [2.05, 4.69) is 20.4 Å². The molecule has 2 aromatic heterocycles. The van der Waals surface area contributed by atoms with E-state index in [4.69, 9.17) is 20.9 Å². The number of pyridine rings is 1. The van der Waals surface area contributed by atoms with E-state index >= 15 is 0 Å². The highest BCUT2D eigenvalue weighted by Gasteiger charge is 2.19. The second-order valence-electron chi connectivity index (χ2n) is 7.62. The fourth-order valence-corrected chi connectivity index (χ4v) is 3.97. The van der Waals surface area contributed by atoms with Gasteiger partial charge in [0.05, 0.1) is 11.3 Å². The van der Waals surface area contributed by atoms with Crippen LogP contribution in [-0.2, 0) is 0 Å². The van der Waals surface area contributed by atoms with Crippen molar-refractivity contribution < 1.29 is 14.1 Å². The number of hydrogen-bond acceptors (Lipinski definition) is 6. The average molecular weight is 441 g/mol. The van der Waals surface area contributed by atoms with Crippen LogP contribution in [0.25, 0.3) is 11.1 Å². The topological polar surface area (TPSA) is 80.5 Å². The number of hydrogen-bond donors (Lipinski definition) is 1. The summed E-state index contributed by atoms with van der Waals surface area (Å²) in [5, 5.41) is 7.41. The SMILES string of the molecule is Cc1noc(C)c1-c1cc(NC(=O)c2cc(Cl)ccn2)ccc1OCCN1CCCC1. The number of likely N-dealkylation sites (tertiary alicyclic amines) is 1. The number of ether oxygens (including phenoxy) is 1. The van der Waals surface area contributed by atoms with Crippen molar-refractivity contribution in [3.05, 3.63) is 58.7 Å². The van der Waals surface area contributed by atoms with Crippen molar-refractivity contribution in [1.29, 1.82) is 0 Å². The standard InChI is InChI=1S/C23H25ClN4O3/c1-15-22(16(2)31-27-15)19-14-18(26-23(29)20-13-17(24)7-8-25-20)5-6-21(19)30-12-11-28-9-3-4-10-28/h5-8,13-14H,3-4,9-12H2,1-2H3,(H,26,29). The molecule has 0 saturated carbocycles. The first-order valence-corrected chi connectivity index (χ1v) is 10.7. The van der Waals surface area contributed by atoms with E-state index in [-0.39, 0.29) is 11.6 Å². The summed E-state index contributed by atoms with van der Waals surface area (Å²) < 4.78 is 11.5. The van der Waals surface area contributed by atoms with Gasteiger partial charge < -0.3 is 14.6 Å². The maximum atomic E-state index is 12.6. The van der Waals surface area contributed by atoms with Crippen molar-refractivity contribution in [2.45, 2.75) is 26.7 Å². The summed E-state index contributed by atoms with van der Waals surface area (Å²) in [5.41, 5.74) is 3.33. The van der Waals surface area contributed by atoms with Crippen molar-refractivity contribution in [1.82, 2.24) is 15.0 Å². The molecule has 1 fully saturated rings. The van der Waals surface area contributed by atoms with E-state index in [0.29, 0.717) is 23.1 Å². The molecule has 8 heteroatoms. The summed E-state index contributed by atoms with van der Waals surface area (Å²) in [7, 11) is 0. The first-order valence-electron chi connectivity index (χ1n) is 10.4. The maximum absolute atomic E-state index is 12.6. The van der Waals surface area contributed by atoms with Crippen LogP contribution in [0.1, 0.15) is 34.8 Å². The highest BCUT2D eigenvalue weighted by molar-refractivity contribution is 6.30. The van der Waals surface area contributed by atoms with Crippen molar-refractivity contribution in [3.63, 3.8) is 0 Å². The lowest BCUT2D eigenvalue weighted by Gasteiger charge is -2.17. The second-order valence-corrected chi connectivity index (χ2v) is 8.06. The average Bonchev–Trinajstić information content (AvgIpc) is 3.38. The Kier molecular flexibility index (Phi) is 6.53. The Morgan fingerprint density at radius 2 is 2.03 bits per heavy atom. The van der Waals surface area contributed by atoms with Gasteiger partial charge in [0, 0.05) is 29.0 Å². The molecule has 0 atom stereocenters. The minimum atomic E-state index is -0.338. The highest BCUT2D eigenvalue weighted by atomic mass is 35.5. The number of nitrogens with zero attached hydrogens (tertiary/aromatic N) is 3. The van der Waals surface area contributed by atoms with Crippen molar-refractivity contribution in [2.24, 2.45) is 0 Å². The van der Waals surface area contributed by atoms with E-state index in [1.807, 2.05) is 32.0 Å². The third-order valence-electron chi connectivity index (χ3n) is 5.36. The number of aryl methyl sites for hydroxylation is 2. The van der Waals surface area contributed by atoms with Gasteiger partial charge in [-0.25, -0.2) is 0 Å². The van der Waals surface area contributed by atoms with Crippen LogP contribution in [0.5, 0.6) is 5.75 Å². The summed E-state index contributed by atoms with van der Waals surface area (Å²) in [6.45, 7) is 7.49. The molecule has 0 unspecified atom stereocenters. The van der Waals surface area contributed by atoms with Crippen molar-refractivity contribution >= 4 is 23.2 Å². The quantitative estimate of drug-likeness (QED) is 0.571. The fraction of sp³-hybridized carbons (Fsp3) is 0.348. The molecule has 3 heterocycles. The molecule has 3 aromatic rings. The second kappa shape index (κ2) is 9.49. The maximum Gasteiger partial charge on any atom is 0.274 e. The molecule has 1 amide bonds. The Balaban J connectivity index is 1.57. The number of carbonyl (C=O) groups excluding carboxylic acids is 1. The molecule has 0 radical (unpaired) electrons. The lowest BCUT2D eigenvalue weighted by Crippen LogP contribution is -2.25. The molecule has 1 saturated heterocycles. The highest BCUT2D eigenvalue weighted by Crippen LogP contribution is 2.36. The molecular formula is C23H25ClN4O3. The van der Waals surface area contributed by atoms with E-state index < -0.39 is 0 Å². The monoisotopic (exact) mass is 440 g/mol. The summed E-state index contributed by atoms with van der Waals surface area (Å²) in [6, 6.07) is 8.71. The van der Waals surface area contributed by atoms with Gasteiger partial charge in [-0.3, -0.25) is 14.7 Å². The molecule has 1 aromatic carbocycles. The Morgan fingerprint density at radius 3 is 2.74 bits per heavy atom. The summed E-state index contributed by atoms with van der Waals surface area (Å²) >= 11 is 5.98. The van der Waals surface area contributed by atoms with Crippen LogP contribution in [0.2, 0.25) is 5.02 Å². The van der Waals surface area contributed by atoms with Crippen molar-refractivity contribution in [2.75, 3.05) is 31.6 Å². The molecule has 0 aliphatic carbocycles. The van der Waals surface area contributed by atoms with Gasteiger partial charge in [-0.15, -0.1) is 0 Å². The smallest absolute Gasteiger partial charge is 0.274 e. The van der Waals surface area contributed by atoms with Crippen LogP contribution in [0.4, 0.5) is 5.69 Å². The lowest BCUT2D eigenvalue weighted by atomic mass is 10.0. The fourth-order valence-electron chi connectivity index (χ4n) is 3.81. The van der Waals surface area contributed by atoms with Crippen LogP contribution < -0.4 is 10.1 Å². The Labute approximate surface area is 186 Å². The molecule has 162 valence electrons.